The van der Waals surface area contributed by atoms with Gasteiger partial charge in [0.15, 0.2) is 0 Å². The lowest BCUT2D eigenvalue weighted by Crippen LogP contribution is -2.28. The van der Waals surface area contributed by atoms with E-state index in [1.165, 1.54) is 30.5 Å². The molecule has 0 radical (unpaired) electrons. The number of hydrogen-bond acceptors (Lipinski definition) is 3. The molecular formula is C23H30N2O2S. The van der Waals surface area contributed by atoms with Gasteiger partial charge < -0.3 is 4.90 Å². The molecule has 0 bridgehead atoms. The third kappa shape index (κ3) is 4.58. The SMILES string of the molecule is CC(C)c1ccc(S(=O)(=O)Nc2ccc3c(c2)CCN(CC2CC2)CC3)cc1. The highest BCUT2D eigenvalue weighted by molar-refractivity contribution is 7.92. The van der Waals surface area contributed by atoms with Gasteiger partial charge in [-0.2, -0.15) is 0 Å². The lowest BCUT2D eigenvalue weighted by atomic mass is 10.0. The van der Waals surface area contributed by atoms with Gasteiger partial charge in [-0.3, -0.25) is 4.72 Å². The first-order valence-electron chi connectivity index (χ1n) is 10.4. The van der Waals surface area contributed by atoms with E-state index < -0.39 is 10.0 Å². The third-order valence-electron chi connectivity index (χ3n) is 5.92. The van der Waals surface area contributed by atoms with E-state index in [2.05, 4.69) is 29.5 Å². The van der Waals surface area contributed by atoms with E-state index in [9.17, 15) is 8.42 Å². The molecule has 1 fully saturated rings. The van der Waals surface area contributed by atoms with Crippen molar-refractivity contribution in [2.24, 2.45) is 5.92 Å². The summed E-state index contributed by atoms with van der Waals surface area (Å²) in [5.41, 5.74) is 4.42. The molecule has 1 heterocycles. The number of benzene rings is 2. The molecule has 0 spiro atoms. The molecule has 1 aliphatic carbocycles. The fourth-order valence-electron chi connectivity index (χ4n) is 3.93. The molecule has 2 aromatic rings. The van der Waals surface area contributed by atoms with Crippen LogP contribution in [0.5, 0.6) is 0 Å². The lowest BCUT2D eigenvalue weighted by Gasteiger charge is -2.18. The third-order valence-corrected chi connectivity index (χ3v) is 7.32. The summed E-state index contributed by atoms with van der Waals surface area (Å²) in [6.45, 7) is 7.60. The van der Waals surface area contributed by atoms with Gasteiger partial charge in [-0.25, -0.2) is 8.42 Å². The van der Waals surface area contributed by atoms with Crippen LogP contribution in [-0.4, -0.2) is 33.0 Å². The van der Waals surface area contributed by atoms with Crippen molar-refractivity contribution < 1.29 is 8.42 Å². The van der Waals surface area contributed by atoms with Crippen LogP contribution >= 0.6 is 0 Å². The van der Waals surface area contributed by atoms with Gasteiger partial charge >= 0.3 is 0 Å². The molecule has 0 unspecified atom stereocenters. The molecule has 0 aromatic heterocycles. The van der Waals surface area contributed by atoms with Crippen LogP contribution in [0.25, 0.3) is 0 Å². The van der Waals surface area contributed by atoms with Gasteiger partial charge in [-0.1, -0.05) is 32.0 Å². The van der Waals surface area contributed by atoms with Gasteiger partial charge in [0, 0.05) is 25.3 Å². The van der Waals surface area contributed by atoms with Crippen molar-refractivity contribution in [1.29, 1.82) is 0 Å². The van der Waals surface area contributed by atoms with Gasteiger partial charge in [-0.15, -0.1) is 0 Å². The first kappa shape index (κ1) is 19.5. The first-order valence-corrected chi connectivity index (χ1v) is 11.9. The summed E-state index contributed by atoms with van der Waals surface area (Å²) in [6.07, 6.45) is 4.80. The lowest BCUT2D eigenvalue weighted by molar-refractivity contribution is 0.276. The van der Waals surface area contributed by atoms with E-state index in [4.69, 9.17) is 0 Å². The molecule has 1 saturated carbocycles. The van der Waals surface area contributed by atoms with E-state index in [-0.39, 0.29) is 0 Å². The fraction of sp³-hybridized carbons (Fsp3) is 0.478. The average Bonchev–Trinajstić information content (AvgIpc) is 3.50. The van der Waals surface area contributed by atoms with E-state index in [1.807, 2.05) is 24.3 Å². The number of nitrogens with zero attached hydrogens (tertiary/aromatic N) is 1. The Morgan fingerprint density at radius 3 is 2.32 bits per heavy atom. The van der Waals surface area contributed by atoms with Crippen molar-refractivity contribution in [3.05, 3.63) is 59.2 Å². The summed E-state index contributed by atoms with van der Waals surface area (Å²) >= 11 is 0. The van der Waals surface area contributed by atoms with Crippen LogP contribution < -0.4 is 4.72 Å². The van der Waals surface area contributed by atoms with E-state index in [0.29, 0.717) is 16.5 Å². The van der Waals surface area contributed by atoms with Crippen LogP contribution in [0.4, 0.5) is 5.69 Å². The Labute approximate surface area is 169 Å². The molecule has 1 aliphatic heterocycles. The predicted molar refractivity (Wildman–Crippen MR) is 114 cm³/mol. The normalized spacial score (nSPS) is 18.0. The van der Waals surface area contributed by atoms with E-state index in [1.54, 1.807) is 12.1 Å². The quantitative estimate of drug-likeness (QED) is 0.783. The molecule has 0 saturated heterocycles. The summed E-state index contributed by atoms with van der Waals surface area (Å²) in [4.78, 5) is 2.88. The summed E-state index contributed by atoms with van der Waals surface area (Å²) in [5.74, 6) is 1.29. The summed E-state index contributed by atoms with van der Waals surface area (Å²) < 4.78 is 28.3. The predicted octanol–water partition coefficient (Wildman–Crippen LogP) is 4.42. The minimum Gasteiger partial charge on any atom is -0.302 e. The van der Waals surface area contributed by atoms with Crippen LogP contribution in [-0.2, 0) is 22.9 Å². The summed E-state index contributed by atoms with van der Waals surface area (Å²) in [7, 11) is -3.57. The van der Waals surface area contributed by atoms with Gasteiger partial charge in [0.1, 0.15) is 0 Å². The number of anilines is 1. The fourth-order valence-corrected chi connectivity index (χ4v) is 4.98. The highest BCUT2D eigenvalue weighted by Crippen LogP contribution is 2.31. The minimum atomic E-state index is -3.57. The van der Waals surface area contributed by atoms with Gasteiger partial charge in [0.05, 0.1) is 4.90 Å². The maximum absolute atomic E-state index is 12.8. The number of fused-ring (bicyclic) bond motifs is 1. The van der Waals surface area contributed by atoms with Crippen molar-refractivity contribution in [2.45, 2.75) is 50.3 Å². The van der Waals surface area contributed by atoms with Crippen molar-refractivity contribution in [2.75, 3.05) is 24.4 Å². The molecule has 150 valence electrons. The van der Waals surface area contributed by atoms with Crippen LogP contribution in [0.1, 0.15) is 49.3 Å². The number of rotatable bonds is 6. The Bertz CT molecular complexity index is 932. The molecular weight excluding hydrogens is 368 g/mol. The maximum Gasteiger partial charge on any atom is 0.261 e. The zero-order chi connectivity index (χ0) is 19.7. The molecule has 0 amide bonds. The standard InChI is InChI=1S/C23H30N2O2S/c1-17(2)19-6-9-23(10-7-19)28(26,27)24-22-8-5-20-11-13-25(16-18-3-4-18)14-12-21(20)15-22/h5-10,15,17-18,24H,3-4,11-14,16H2,1-2H3. The van der Waals surface area contributed by atoms with Crippen molar-refractivity contribution in [3.63, 3.8) is 0 Å². The van der Waals surface area contributed by atoms with Crippen LogP contribution in [0.3, 0.4) is 0 Å². The second-order valence-electron chi connectivity index (χ2n) is 8.56. The Morgan fingerprint density at radius 1 is 1.00 bits per heavy atom. The Hall–Kier alpha value is -1.85. The van der Waals surface area contributed by atoms with Gasteiger partial charge in [-0.05, 0) is 78.5 Å². The van der Waals surface area contributed by atoms with E-state index in [0.717, 1.165) is 37.4 Å². The smallest absolute Gasteiger partial charge is 0.261 e. The second-order valence-corrected chi connectivity index (χ2v) is 10.2. The molecule has 28 heavy (non-hydrogen) atoms. The molecule has 1 N–H and O–H groups in total. The Balaban J connectivity index is 1.47. The summed E-state index contributed by atoms with van der Waals surface area (Å²) in [6, 6.07) is 13.2. The molecule has 2 aliphatic rings. The van der Waals surface area contributed by atoms with Crippen molar-refractivity contribution >= 4 is 15.7 Å². The van der Waals surface area contributed by atoms with Crippen LogP contribution in [0.2, 0.25) is 0 Å². The first-order chi connectivity index (χ1) is 13.4. The number of sulfonamides is 1. The Kier molecular flexibility index (Phi) is 5.48. The summed E-state index contributed by atoms with van der Waals surface area (Å²) in [5, 5.41) is 0. The molecule has 0 atom stereocenters. The van der Waals surface area contributed by atoms with Gasteiger partial charge in [0.2, 0.25) is 0 Å². The average molecular weight is 399 g/mol. The molecule has 4 nitrogen and oxygen atoms in total. The van der Waals surface area contributed by atoms with Crippen LogP contribution in [0.15, 0.2) is 47.4 Å². The molecule has 2 aromatic carbocycles. The minimum absolute atomic E-state index is 0.308. The van der Waals surface area contributed by atoms with Crippen LogP contribution in [0, 0.1) is 5.92 Å². The molecule has 5 heteroatoms. The second kappa shape index (κ2) is 7.88. The molecule has 4 rings (SSSR count). The zero-order valence-electron chi connectivity index (χ0n) is 16.8. The van der Waals surface area contributed by atoms with Gasteiger partial charge in [0.25, 0.3) is 10.0 Å². The van der Waals surface area contributed by atoms with Crippen molar-refractivity contribution in [3.8, 4) is 0 Å². The number of nitrogens with one attached hydrogen (secondary N) is 1. The number of hydrogen-bond donors (Lipinski definition) is 1. The monoisotopic (exact) mass is 398 g/mol. The highest BCUT2D eigenvalue weighted by atomic mass is 32.2. The van der Waals surface area contributed by atoms with E-state index >= 15 is 0 Å². The highest BCUT2D eigenvalue weighted by Gasteiger charge is 2.25. The zero-order valence-corrected chi connectivity index (χ0v) is 17.6. The Morgan fingerprint density at radius 2 is 1.68 bits per heavy atom. The largest absolute Gasteiger partial charge is 0.302 e. The topological polar surface area (TPSA) is 49.4 Å². The van der Waals surface area contributed by atoms with Crippen molar-refractivity contribution in [1.82, 2.24) is 4.90 Å². The maximum atomic E-state index is 12.8.